The molecule has 3 heteroatoms. The van der Waals surface area contributed by atoms with Gasteiger partial charge in [-0.2, -0.15) is 0 Å². The van der Waals surface area contributed by atoms with Gasteiger partial charge in [0, 0.05) is 11.7 Å². The van der Waals surface area contributed by atoms with Crippen molar-refractivity contribution < 1.29 is 10.2 Å². The van der Waals surface area contributed by atoms with Gasteiger partial charge in [0.15, 0.2) is 0 Å². The molecule has 0 heterocycles. The molecule has 3 nitrogen and oxygen atoms in total. The SMILES string of the molecule is Cc1cc(NC(C)c2cccc(O)c2)c(C)cc1O. The predicted molar refractivity (Wildman–Crippen MR) is 77.7 cm³/mol. The van der Waals surface area contributed by atoms with E-state index in [9.17, 15) is 10.2 Å². The summed E-state index contributed by atoms with van der Waals surface area (Å²) in [6.07, 6.45) is 0. The molecule has 0 fully saturated rings. The van der Waals surface area contributed by atoms with Gasteiger partial charge in [0.2, 0.25) is 0 Å². The summed E-state index contributed by atoms with van der Waals surface area (Å²) in [5, 5.41) is 22.6. The summed E-state index contributed by atoms with van der Waals surface area (Å²) in [4.78, 5) is 0. The van der Waals surface area contributed by atoms with Gasteiger partial charge in [0.25, 0.3) is 0 Å². The topological polar surface area (TPSA) is 52.5 Å². The molecule has 0 aromatic heterocycles. The van der Waals surface area contributed by atoms with Crippen LogP contribution in [0.2, 0.25) is 0 Å². The second-order valence-corrected chi connectivity index (χ2v) is 4.91. The molecule has 19 heavy (non-hydrogen) atoms. The van der Waals surface area contributed by atoms with Crippen LogP contribution in [0.5, 0.6) is 11.5 Å². The van der Waals surface area contributed by atoms with Gasteiger partial charge in [0.05, 0.1) is 0 Å². The lowest BCUT2D eigenvalue weighted by Gasteiger charge is -2.18. The maximum atomic E-state index is 9.65. The van der Waals surface area contributed by atoms with Crippen LogP contribution in [-0.2, 0) is 0 Å². The lowest BCUT2D eigenvalue weighted by molar-refractivity contribution is 0.470. The number of aryl methyl sites for hydroxylation is 2. The smallest absolute Gasteiger partial charge is 0.118 e. The van der Waals surface area contributed by atoms with E-state index < -0.39 is 0 Å². The molecule has 2 rings (SSSR count). The summed E-state index contributed by atoms with van der Waals surface area (Å²) in [6.45, 7) is 5.87. The van der Waals surface area contributed by atoms with Gasteiger partial charge < -0.3 is 15.5 Å². The molecule has 100 valence electrons. The van der Waals surface area contributed by atoms with Crippen LogP contribution in [0.3, 0.4) is 0 Å². The number of benzene rings is 2. The zero-order valence-electron chi connectivity index (χ0n) is 11.4. The summed E-state index contributed by atoms with van der Waals surface area (Å²) >= 11 is 0. The Morgan fingerprint density at radius 1 is 1.00 bits per heavy atom. The molecule has 0 saturated heterocycles. The zero-order valence-corrected chi connectivity index (χ0v) is 11.4. The lowest BCUT2D eigenvalue weighted by atomic mass is 10.1. The van der Waals surface area contributed by atoms with Crippen LogP contribution in [0, 0.1) is 13.8 Å². The van der Waals surface area contributed by atoms with Crippen LogP contribution >= 0.6 is 0 Å². The van der Waals surface area contributed by atoms with Gasteiger partial charge in [-0.3, -0.25) is 0 Å². The number of hydrogen-bond acceptors (Lipinski definition) is 3. The third kappa shape index (κ3) is 2.99. The number of phenols is 2. The number of aromatic hydroxyl groups is 2. The van der Waals surface area contributed by atoms with Crippen molar-refractivity contribution in [1.29, 1.82) is 0 Å². The Hall–Kier alpha value is -2.16. The van der Waals surface area contributed by atoms with E-state index in [0.29, 0.717) is 5.75 Å². The highest BCUT2D eigenvalue weighted by Gasteiger charge is 2.09. The molecular formula is C16H19NO2. The maximum Gasteiger partial charge on any atom is 0.118 e. The van der Waals surface area contributed by atoms with E-state index in [-0.39, 0.29) is 11.8 Å². The summed E-state index contributed by atoms with van der Waals surface area (Å²) in [5.74, 6) is 0.581. The van der Waals surface area contributed by atoms with E-state index in [1.54, 1.807) is 18.2 Å². The maximum absolute atomic E-state index is 9.65. The van der Waals surface area contributed by atoms with Gasteiger partial charge in [-0.15, -0.1) is 0 Å². The van der Waals surface area contributed by atoms with Crippen molar-refractivity contribution in [3.63, 3.8) is 0 Å². The van der Waals surface area contributed by atoms with Crippen LogP contribution in [-0.4, -0.2) is 10.2 Å². The molecule has 0 bridgehead atoms. The minimum atomic E-state index is 0.0785. The van der Waals surface area contributed by atoms with Crippen LogP contribution in [0.15, 0.2) is 36.4 Å². The summed E-state index contributed by atoms with van der Waals surface area (Å²) in [5.41, 5.74) is 3.85. The fraction of sp³-hybridized carbons (Fsp3) is 0.250. The van der Waals surface area contributed by atoms with E-state index in [1.807, 2.05) is 39.0 Å². The fourth-order valence-electron chi connectivity index (χ4n) is 2.07. The first-order chi connectivity index (χ1) is 8.97. The van der Waals surface area contributed by atoms with Gasteiger partial charge >= 0.3 is 0 Å². The van der Waals surface area contributed by atoms with E-state index >= 15 is 0 Å². The van der Waals surface area contributed by atoms with Gasteiger partial charge in [0.1, 0.15) is 11.5 Å². The number of phenolic OH excluding ortho intramolecular Hbond substituents is 2. The Bertz CT molecular complexity index is 593. The van der Waals surface area contributed by atoms with Crippen LogP contribution < -0.4 is 5.32 Å². The van der Waals surface area contributed by atoms with E-state index in [0.717, 1.165) is 22.4 Å². The van der Waals surface area contributed by atoms with E-state index in [1.165, 1.54) is 0 Å². The Morgan fingerprint density at radius 3 is 2.42 bits per heavy atom. The van der Waals surface area contributed by atoms with Gasteiger partial charge in [-0.05, 0) is 61.7 Å². The second-order valence-electron chi connectivity index (χ2n) is 4.91. The molecular weight excluding hydrogens is 238 g/mol. The summed E-state index contributed by atoms with van der Waals surface area (Å²) < 4.78 is 0. The zero-order chi connectivity index (χ0) is 14.0. The third-order valence-electron chi connectivity index (χ3n) is 3.29. The van der Waals surface area contributed by atoms with Crippen LogP contribution in [0.4, 0.5) is 5.69 Å². The number of anilines is 1. The fourth-order valence-corrected chi connectivity index (χ4v) is 2.07. The Morgan fingerprint density at radius 2 is 1.74 bits per heavy atom. The predicted octanol–water partition coefficient (Wildman–Crippen LogP) is 3.89. The molecule has 0 aliphatic rings. The molecule has 0 aliphatic heterocycles. The molecule has 1 unspecified atom stereocenters. The van der Waals surface area contributed by atoms with Crippen molar-refractivity contribution in [3.8, 4) is 11.5 Å². The minimum absolute atomic E-state index is 0.0785. The number of nitrogens with one attached hydrogen (secondary N) is 1. The second kappa shape index (κ2) is 5.22. The quantitative estimate of drug-likeness (QED) is 0.731. The number of rotatable bonds is 3. The highest BCUT2D eigenvalue weighted by Crippen LogP contribution is 2.28. The Balaban J connectivity index is 2.24. The first kappa shape index (κ1) is 13.3. The van der Waals surface area contributed by atoms with E-state index in [2.05, 4.69) is 5.32 Å². The highest BCUT2D eigenvalue weighted by atomic mass is 16.3. The number of hydrogen-bond donors (Lipinski definition) is 3. The van der Waals surface area contributed by atoms with Crippen LogP contribution in [0.25, 0.3) is 0 Å². The van der Waals surface area contributed by atoms with Crippen LogP contribution in [0.1, 0.15) is 29.7 Å². The molecule has 1 atom stereocenters. The van der Waals surface area contributed by atoms with Crippen molar-refractivity contribution in [3.05, 3.63) is 53.1 Å². The molecule has 3 N–H and O–H groups in total. The van der Waals surface area contributed by atoms with E-state index in [4.69, 9.17) is 0 Å². The largest absolute Gasteiger partial charge is 0.508 e. The summed E-state index contributed by atoms with van der Waals surface area (Å²) in [6, 6.07) is 11.0. The highest BCUT2D eigenvalue weighted by molar-refractivity contribution is 5.57. The van der Waals surface area contributed by atoms with Crippen molar-refractivity contribution in [2.24, 2.45) is 0 Å². The molecule has 0 aliphatic carbocycles. The average molecular weight is 257 g/mol. The molecule has 0 amide bonds. The van der Waals surface area contributed by atoms with Crippen molar-refractivity contribution in [2.75, 3.05) is 5.32 Å². The third-order valence-corrected chi connectivity index (χ3v) is 3.29. The lowest BCUT2D eigenvalue weighted by Crippen LogP contribution is -2.07. The molecule has 0 saturated carbocycles. The Kier molecular flexibility index (Phi) is 3.65. The standard InChI is InChI=1S/C16H19NO2/c1-10-8-16(19)11(2)7-15(10)17-12(3)13-5-4-6-14(18)9-13/h4-9,12,17-19H,1-3H3. The van der Waals surface area contributed by atoms with Crippen molar-refractivity contribution in [1.82, 2.24) is 0 Å². The first-order valence-corrected chi connectivity index (χ1v) is 6.33. The molecule has 0 radical (unpaired) electrons. The van der Waals surface area contributed by atoms with Gasteiger partial charge in [-0.1, -0.05) is 12.1 Å². The monoisotopic (exact) mass is 257 g/mol. The summed E-state index contributed by atoms with van der Waals surface area (Å²) in [7, 11) is 0. The Labute approximate surface area is 113 Å². The average Bonchev–Trinajstić information content (AvgIpc) is 2.36. The normalized spacial score (nSPS) is 12.2. The first-order valence-electron chi connectivity index (χ1n) is 6.33. The van der Waals surface area contributed by atoms with Gasteiger partial charge in [-0.25, -0.2) is 0 Å². The van der Waals surface area contributed by atoms with Crippen molar-refractivity contribution >= 4 is 5.69 Å². The molecule has 0 spiro atoms. The minimum Gasteiger partial charge on any atom is -0.508 e. The molecule has 2 aromatic carbocycles. The van der Waals surface area contributed by atoms with Crippen molar-refractivity contribution in [2.45, 2.75) is 26.8 Å². The molecule has 2 aromatic rings.